The molecule has 3 heteroatoms. The van der Waals surface area contributed by atoms with Crippen LogP contribution in [0.25, 0.3) is 17.2 Å². The summed E-state index contributed by atoms with van der Waals surface area (Å²) in [6, 6.07) is 37.7. The van der Waals surface area contributed by atoms with Crippen molar-refractivity contribution in [2.75, 3.05) is 0 Å². The Bertz CT molecular complexity index is 1630. The second-order valence-electron chi connectivity index (χ2n) is 13.3. The van der Waals surface area contributed by atoms with Crippen LogP contribution in [0.4, 0.5) is 0 Å². The molecule has 0 heterocycles. The number of fused-ring (bicyclic) bond motifs is 1. The number of nitriles is 2. The largest absolute Gasteiger partial charge is 0.303 e. The summed E-state index contributed by atoms with van der Waals surface area (Å²) < 4.78 is 0. The predicted molar refractivity (Wildman–Crippen MR) is 222 cm³/mol. The van der Waals surface area contributed by atoms with Crippen molar-refractivity contribution in [3.63, 3.8) is 0 Å². The van der Waals surface area contributed by atoms with Gasteiger partial charge < -0.3 is 4.79 Å². The fourth-order valence-corrected chi connectivity index (χ4v) is 4.34. The summed E-state index contributed by atoms with van der Waals surface area (Å²) in [5, 5.41) is 16.2. The Morgan fingerprint density at radius 3 is 1.84 bits per heavy atom. The van der Waals surface area contributed by atoms with Gasteiger partial charge in [-0.25, -0.2) is 0 Å². The molecule has 270 valence electrons. The molecule has 0 aromatic heterocycles. The first kappa shape index (κ1) is 46.0. The van der Waals surface area contributed by atoms with Gasteiger partial charge in [0.1, 0.15) is 6.29 Å². The van der Waals surface area contributed by atoms with Crippen molar-refractivity contribution in [3.8, 4) is 23.3 Å². The Morgan fingerprint density at radius 1 is 0.745 bits per heavy atom. The van der Waals surface area contributed by atoms with Gasteiger partial charge in [0.05, 0.1) is 12.1 Å². The normalized spacial score (nSPS) is 10.1. The van der Waals surface area contributed by atoms with Gasteiger partial charge in [-0.2, -0.15) is 10.5 Å². The van der Waals surface area contributed by atoms with Gasteiger partial charge in [-0.15, -0.1) is 0 Å². The maximum atomic E-state index is 9.17. The first-order valence-corrected chi connectivity index (χ1v) is 18.2. The zero-order chi connectivity index (χ0) is 38.3. The zero-order valence-corrected chi connectivity index (χ0v) is 32.9. The van der Waals surface area contributed by atoms with Gasteiger partial charge in [-0.3, -0.25) is 0 Å². The van der Waals surface area contributed by atoms with Crippen molar-refractivity contribution < 1.29 is 4.79 Å². The van der Waals surface area contributed by atoms with Gasteiger partial charge in [-0.05, 0) is 103 Å². The number of hydrogen-bond acceptors (Lipinski definition) is 3. The molecule has 0 amide bonds. The standard InChI is InChI=1S/2C12H18.C9H7N.C6H9N.C6H4.C3H6O/c1-9-6-7-11(8-10(9)2)12(3,4)5;1-3-4-5-8-12-9-6-7-11(2)10-12;10-8-4-7-9-5-2-1-3-6-9;1-2-3-4-5-6-7;1-2-5-4-6(5)3-1;1-2-3-4/h6-8H,1-5H3;6-7,9-10H,3-5,8H2,1-2H3;1-7H;2-3H,4-5H2,1H3;1-4H;3H,2H2,1H3. The molecule has 0 saturated heterocycles. The molecule has 0 atom stereocenters. The maximum Gasteiger partial charge on any atom is 0.119 e. The van der Waals surface area contributed by atoms with Crippen LogP contribution in [0.15, 0.2) is 115 Å². The second-order valence-corrected chi connectivity index (χ2v) is 13.3. The van der Waals surface area contributed by atoms with E-state index in [1.807, 2.05) is 62.4 Å². The number of aldehydes is 1. The average Bonchev–Trinajstić information content (AvgIpc) is 3.73. The van der Waals surface area contributed by atoms with Crippen LogP contribution in [0.1, 0.15) is 113 Å². The van der Waals surface area contributed by atoms with Crippen molar-refractivity contribution >= 4 is 12.4 Å². The average molecular weight is 683 g/mol. The molecule has 0 unspecified atom stereocenters. The van der Waals surface area contributed by atoms with E-state index in [2.05, 4.69) is 121 Å². The molecule has 2 aliphatic rings. The Balaban J connectivity index is 0.000000608. The number of benzene rings is 4. The Labute approximate surface area is 311 Å². The van der Waals surface area contributed by atoms with Crippen molar-refractivity contribution in [1.82, 2.24) is 0 Å². The molecule has 5 rings (SSSR count). The van der Waals surface area contributed by atoms with Gasteiger partial charge in [0.25, 0.3) is 0 Å². The lowest BCUT2D eigenvalue weighted by atomic mass is 9.85. The van der Waals surface area contributed by atoms with E-state index in [4.69, 9.17) is 10.5 Å². The van der Waals surface area contributed by atoms with Crippen LogP contribution in [-0.4, -0.2) is 6.29 Å². The lowest BCUT2D eigenvalue weighted by molar-refractivity contribution is -0.107. The summed E-state index contributed by atoms with van der Waals surface area (Å²) in [5.41, 5.74) is 11.2. The quantitative estimate of drug-likeness (QED) is 0.0708. The second kappa shape index (κ2) is 28.8. The van der Waals surface area contributed by atoms with E-state index in [-0.39, 0.29) is 5.41 Å². The van der Waals surface area contributed by atoms with Crippen LogP contribution >= 0.6 is 0 Å². The molecule has 0 bridgehead atoms. The Morgan fingerprint density at radius 2 is 1.39 bits per heavy atom. The molecular formula is C48H62N2O. The maximum absolute atomic E-state index is 9.17. The first-order chi connectivity index (χ1) is 24.5. The fraction of sp³-hybridized carbons (Fsp3) is 0.354. The van der Waals surface area contributed by atoms with Gasteiger partial charge in [0.15, 0.2) is 0 Å². The summed E-state index contributed by atoms with van der Waals surface area (Å²) >= 11 is 0. The number of aryl methyl sites for hydroxylation is 4. The predicted octanol–water partition coefficient (Wildman–Crippen LogP) is 13.7. The van der Waals surface area contributed by atoms with Gasteiger partial charge in [0.2, 0.25) is 0 Å². The molecule has 3 aromatic rings. The van der Waals surface area contributed by atoms with E-state index < -0.39 is 0 Å². The third-order valence-electron chi connectivity index (χ3n) is 7.61. The van der Waals surface area contributed by atoms with Gasteiger partial charge in [0, 0.05) is 18.9 Å². The topological polar surface area (TPSA) is 64.7 Å². The highest BCUT2D eigenvalue weighted by Gasteiger charge is 2.13. The zero-order valence-electron chi connectivity index (χ0n) is 32.9. The van der Waals surface area contributed by atoms with Gasteiger partial charge in [-0.1, -0.05) is 156 Å². The molecule has 0 saturated carbocycles. The smallest absolute Gasteiger partial charge is 0.119 e. The van der Waals surface area contributed by atoms with Crippen molar-refractivity contribution in [1.29, 1.82) is 10.5 Å². The summed E-state index contributed by atoms with van der Waals surface area (Å²) in [5.74, 6) is 0. The third kappa shape index (κ3) is 24.7. The molecule has 51 heavy (non-hydrogen) atoms. The molecule has 3 aromatic carbocycles. The van der Waals surface area contributed by atoms with Crippen molar-refractivity contribution in [2.24, 2.45) is 0 Å². The molecular weight excluding hydrogens is 621 g/mol. The monoisotopic (exact) mass is 682 g/mol. The molecule has 0 aliphatic heterocycles. The number of allylic oxidation sites excluding steroid dienone is 3. The van der Waals surface area contributed by atoms with E-state index >= 15 is 0 Å². The van der Waals surface area contributed by atoms with Gasteiger partial charge >= 0.3 is 0 Å². The van der Waals surface area contributed by atoms with E-state index in [0.29, 0.717) is 12.8 Å². The van der Waals surface area contributed by atoms with E-state index in [1.165, 1.54) is 70.7 Å². The number of unbranched alkanes of at least 4 members (excludes halogenated alkanes) is 3. The Hall–Kier alpha value is -4.99. The first-order valence-electron chi connectivity index (χ1n) is 18.2. The highest BCUT2D eigenvalue weighted by Crippen LogP contribution is 2.32. The summed E-state index contributed by atoms with van der Waals surface area (Å²) in [6.07, 6.45) is 15.5. The minimum atomic E-state index is 0.276. The summed E-state index contributed by atoms with van der Waals surface area (Å²) in [6.45, 7) is 19.2. The molecule has 2 aliphatic carbocycles. The van der Waals surface area contributed by atoms with Crippen LogP contribution in [0.2, 0.25) is 0 Å². The third-order valence-corrected chi connectivity index (χ3v) is 7.61. The lowest BCUT2D eigenvalue weighted by Crippen LogP contribution is -2.11. The fourth-order valence-electron chi connectivity index (χ4n) is 4.34. The summed E-state index contributed by atoms with van der Waals surface area (Å²) in [4.78, 5) is 9.17. The molecule has 3 nitrogen and oxygen atoms in total. The summed E-state index contributed by atoms with van der Waals surface area (Å²) in [7, 11) is 0. The highest BCUT2D eigenvalue weighted by molar-refractivity contribution is 5.80. The van der Waals surface area contributed by atoms with Crippen LogP contribution in [0, 0.1) is 43.4 Å². The van der Waals surface area contributed by atoms with E-state index in [1.54, 1.807) is 6.08 Å². The van der Waals surface area contributed by atoms with Crippen molar-refractivity contribution in [2.45, 2.75) is 113 Å². The van der Waals surface area contributed by atoms with Crippen LogP contribution in [0.5, 0.6) is 0 Å². The lowest BCUT2D eigenvalue weighted by Gasteiger charge is -2.19. The number of carbonyl (C=O) groups excluding carboxylic acids is 1. The number of rotatable bonds is 8. The van der Waals surface area contributed by atoms with Crippen LogP contribution in [0.3, 0.4) is 0 Å². The SMILES string of the molecule is CC=CCCC#N.CCC=O.CCCCCc1cccc(C)c1.Cc1ccc(C(C)(C)C)cc1C.N#CC=Cc1ccccc1.c1cc2cc-2c1. The molecule has 0 spiro atoms. The van der Waals surface area contributed by atoms with Crippen molar-refractivity contribution in [3.05, 3.63) is 149 Å². The number of carbonyl (C=O) groups is 1. The highest BCUT2D eigenvalue weighted by atomic mass is 16.1. The number of hydrogen-bond donors (Lipinski definition) is 0. The Kier molecular flexibility index (Phi) is 26.0. The van der Waals surface area contributed by atoms with E-state index in [0.717, 1.165) is 18.3 Å². The minimum absolute atomic E-state index is 0.276. The van der Waals surface area contributed by atoms with Crippen LogP contribution in [-0.2, 0) is 16.6 Å². The minimum Gasteiger partial charge on any atom is -0.303 e. The van der Waals surface area contributed by atoms with E-state index in [9.17, 15) is 4.79 Å². The molecule has 0 radical (unpaired) electrons. The molecule has 0 fully saturated rings. The molecule has 0 N–H and O–H groups in total. The number of nitrogens with zero attached hydrogens (tertiary/aromatic N) is 2. The van der Waals surface area contributed by atoms with Crippen LogP contribution < -0.4 is 0 Å².